The van der Waals surface area contributed by atoms with Gasteiger partial charge >= 0.3 is 0 Å². The number of piperidine rings is 1. The first-order valence-corrected chi connectivity index (χ1v) is 11.7. The Bertz CT molecular complexity index is 966. The third kappa shape index (κ3) is 4.33. The van der Waals surface area contributed by atoms with Gasteiger partial charge in [0.15, 0.2) is 5.82 Å². The van der Waals surface area contributed by atoms with E-state index in [1.54, 1.807) is 6.20 Å². The second-order valence-electron chi connectivity index (χ2n) is 9.75. The van der Waals surface area contributed by atoms with Gasteiger partial charge in [-0.1, -0.05) is 19.1 Å². The van der Waals surface area contributed by atoms with Gasteiger partial charge in [-0.25, -0.2) is 0 Å². The van der Waals surface area contributed by atoms with Gasteiger partial charge in [0.2, 0.25) is 11.8 Å². The number of nitrogens with one attached hydrogen (secondary N) is 1. The van der Waals surface area contributed by atoms with Crippen molar-refractivity contribution >= 4 is 23.3 Å². The van der Waals surface area contributed by atoms with Crippen molar-refractivity contribution in [1.29, 1.82) is 0 Å². The molecule has 1 unspecified atom stereocenters. The predicted octanol–water partition coefficient (Wildman–Crippen LogP) is 3.45. The minimum absolute atomic E-state index is 0.0492. The monoisotopic (exact) mass is 433 g/mol. The Morgan fingerprint density at radius 2 is 1.78 bits per heavy atom. The van der Waals surface area contributed by atoms with Crippen LogP contribution in [0.2, 0.25) is 0 Å². The average molecular weight is 434 g/mol. The number of nitrogens with zero attached hydrogens (tertiary/aromatic N) is 4. The van der Waals surface area contributed by atoms with E-state index in [2.05, 4.69) is 44.4 Å². The summed E-state index contributed by atoms with van der Waals surface area (Å²) >= 11 is 0. The fourth-order valence-corrected chi connectivity index (χ4v) is 4.93. The number of benzene rings is 1. The van der Waals surface area contributed by atoms with Crippen molar-refractivity contribution in [2.45, 2.75) is 44.9 Å². The topological polar surface area (TPSA) is 78.4 Å². The van der Waals surface area contributed by atoms with E-state index >= 15 is 0 Å². The van der Waals surface area contributed by atoms with Crippen molar-refractivity contribution in [2.24, 2.45) is 11.3 Å². The number of amides is 2. The summed E-state index contributed by atoms with van der Waals surface area (Å²) in [6.45, 7) is 5.27. The summed E-state index contributed by atoms with van der Waals surface area (Å²) in [7, 11) is 0. The van der Waals surface area contributed by atoms with Crippen LogP contribution in [0.25, 0.3) is 0 Å². The van der Waals surface area contributed by atoms with Gasteiger partial charge in [0.25, 0.3) is 0 Å². The lowest BCUT2D eigenvalue weighted by Gasteiger charge is -2.34. The Labute approximate surface area is 189 Å². The van der Waals surface area contributed by atoms with Crippen molar-refractivity contribution in [2.75, 3.05) is 36.4 Å². The van der Waals surface area contributed by atoms with Gasteiger partial charge in [-0.05, 0) is 67.9 Å². The SMILES string of the molecule is CC1(C(=O)N2CCC(c3ccc(NC(=O)C4CCN(c5cccnn5)C4)cc3)CC2)CC1. The molecule has 0 radical (unpaired) electrons. The van der Waals surface area contributed by atoms with Crippen LogP contribution in [0, 0.1) is 11.3 Å². The largest absolute Gasteiger partial charge is 0.354 e. The first kappa shape index (κ1) is 20.9. The van der Waals surface area contributed by atoms with Crippen LogP contribution in [0.15, 0.2) is 42.6 Å². The van der Waals surface area contributed by atoms with Gasteiger partial charge < -0.3 is 15.1 Å². The number of hydrogen-bond acceptors (Lipinski definition) is 5. The normalized spacial score (nSPS) is 22.6. The van der Waals surface area contributed by atoms with Crippen LogP contribution in [0.3, 0.4) is 0 Å². The van der Waals surface area contributed by atoms with Crippen LogP contribution in [0.4, 0.5) is 11.5 Å². The molecule has 5 rings (SSSR count). The second kappa shape index (κ2) is 8.52. The zero-order valence-electron chi connectivity index (χ0n) is 18.7. The van der Waals surface area contributed by atoms with E-state index < -0.39 is 0 Å². The molecule has 168 valence electrons. The molecule has 2 amide bonds. The fraction of sp³-hybridized carbons (Fsp3) is 0.520. The van der Waals surface area contributed by atoms with Crippen LogP contribution < -0.4 is 10.2 Å². The smallest absolute Gasteiger partial charge is 0.229 e. The lowest BCUT2D eigenvalue weighted by molar-refractivity contribution is -0.137. The maximum Gasteiger partial charge on any atom is 0.229 e. The summed E-state index contributed by atoms with van der Waals surface area (Å²) in [6.07, 6.45) is 6.57. The van der Waals surface area contributed by atoms with Crippen LogP contribution in [-0.2, 0) is 9.59 Å². The van der Waals surface area contributed by atoms with E-state index in [-0.39, 0.29) is 17.2 Å². The molecule has 1 aliphatic carbocycles. The molecule has 1 aromatic heterocycles. The van der Waals surface area contributed by atoms with Gasteiger partial charge in [-0.2, -0.15) is 5.10 Å². The third-order valence-electron chi connectivity index (χ3n) is 7.39. The molecule has 2 aromatic rings. The molecule has 1 aromatic carbocycles. The van der Waals surface area contributed by atoms with E-state index in [1.807, 2.05) is 24.3 Å². The van der Waals surface area contributed by atoms with Crippen molar-refractivity contribution in [3.05, 3.63) is 48.2 Å². The maximum absolute atomic E-state index is 12.8. The summed E-state index contributed by atoms with van der Waals surface area (Å²) in [4.78, 5) is 29.5. The van der Waals surface area contributed by atoms with Crippen LogP contribution in [0.1, 0.15) is 50.5 Å². The minimum Gasteiger partial charge on any atom is -0.354 e. The van der Waals surface area contributed by atoms with Crippen molar-refractivity contribution < 1.29 is 9.59 Å². The third-order valence-corrected chi connectivity index (χ3v) is 7.39. The van der Waals surface area contributed by atoms with Crippen LogP contribution in [0.5, 0.6) is 0 Å². The Morgan fingerprint density at radius 1 is 1.03 bits per heavy atom. The second-order valence-corrected chi connectivity index (χ2v) is 9.75. The number of aromatic nitrogens is 2. The Kier molecular flexibility index (Phi) is 5.57. The first-order chi connectivity index (χ1) is 15.5. The zero-order valence-corrected chi connectivity index (χ0v) is 18.7. The molecular formula is C25H31N5O2. The molecule has 0 bridgehead atoms. The molecular weight excluding hydrogens is 402 g/mol. The molecule has 32 heavy (non-hydrogen) atoms. The Morgan fingerprint density at radius 3 is 2.44 bits per heavy atom. The van der Waals surface area contributed by atoms with E-state index in [9.17, 15) is 9.59 Å². The molecule has 3 heterocycles. The quantitative estimate of drug-likeness (QED) is 0.781. The van der Waals surface area contributed by atoms with Gasteiger partial charge in [-0.3, -0.25) is 9.59 Å². The highest BCUT2D eigenvalue weighted by atomic mass is 16.2. The molecule has 2 aliphatic heterocycles. The average Bonchev–Trinajstić information content (AvgIpc) is 3.39. The number of hydrogen-bond donors (Lipinski definition) is 1. The number of carbonyl (C=O) groups excluding carboxylic acids is 2. The number of carbonyl (C=O) groups is 2. The number of rotatable bonds is 5. The molecule has 1 atom stereocenters. The highest BCUT2D eigenvalue weighted by Crippen LogP contribution is 2.47. The molecule has 7 heteroatoms. The highest BCUT2D eigenvalue weighted by molar-refractivity contribution is 5.93. The molecule has 2 saturated heterocycles. The summed E-state index contributed by atoms with van der Waals surface area (Å²) < 4.78 is 0. The lowest BCUT2D eigenvalue weighted by atomic mass is 9.88. The van der Waals surface area contributed by atoms with Gasteiger partial charge in [-0.15, -0.1) is 5.10 Å². The Balaban J connectivity index is 1.12. The number of anilines is 2. The molecule has 7 nitrogen and oxygen atoms in total. The molecule has 1 N–H and O–H groups in total. The summed E-state index contributed by atoms with van der Waals surface area (Å²) in [6, 6.07) is 12.1. The number of likely N-dealkylation sites (tertiary alicyclic amines) is 1. The summed E-state index contributed by atoms with van der Waals surface area (Å²) in [5.74, 6) is 1.66. The minimum atomic E-state index is -0.0719. The van der Waals surface area contributed by atoms with Gasteiger partial charge in [0.1, 0.15) is 0 Å². The predicted molar refractivity (Wildman–Crippen MR) is 123 cm³/mol. The maximum atomic E-state index is 12.8. The molecule has 3 aliphatic rings. The van der Waals surface area contributed by atoms with Crippen LogP contribution in [-0.4, -0.2) is 53.1 Å². The highest BCUT2D eigenvalue weighted by Gasteiger charge is 2.47. The van der Waals surface area contributed by atoms with E-state index in [1.165, 1.54) is 5.56 Å². The molecule has 3 fully saturated rings. The van der Waals surface area contributed by atoms with E-state index in [4.69, 9.17) is 0 Å². The van der Waals surface area contributed by atoms with Crippen LogP contribution >= 0.6 is 0 Å². The van der Waals surface area contributed by atoms with E-state index in [0.717, 1.165) is 63.2 Å². The summed E-state index contributed by atoms with van der Waals surface area (Å²) in [5.41, 5.74) is 2.06. The van der Waals surface area contributed by atoms with Crippen molar-refractivity contribution in [1.82, 2.24) is 15.1 Å². The standard InChI is InChI=1S/C25H31N5O2/c1-25(11-12-25)24(32)29-14-8-19(9-15-29)18-4-6-21(7-5-18)27-23(31)20-10-16-30(17-20)22-3-2-13-26-28-22/h2-7,13,19-20H,8-12,14-17H2,1H3,(H,27,31). The van der Waals surface area contributed by atoms with Gasteiger partial charge in [0.05, 0.1) is 5.92 Å². The lowest BCUT2D eigenvalue weighted by Crippen LogP contribution is -2.41. The van der Waals surface area contributed by atoms with E-state index in [0.29, 0.717) is 18.4 Å². The first-order valence-electron chi connectivity index (χ1n) is 11.7. The summed E-state index contributed by atoms with van der Waals surface area (Å²) in [5, 5.41) is 11.1. The van der Waals surface area contributed by atoms with Crippen molar-refractivity contribution in [3.63, 3.8) is 0 Å². The zero-order chi connectivity index (χ0) is 22.1. The Hall–Kier alpha value is -2.96. The van der Waals surface area contributed by atoms with Crippen molar-refractivity contribution in [3.8, 4) is 0 Å². The molecule has 0 spiro atoms. The van der Waals surface area contributed by atoms with Gasteiger partial charge in [0, 0.05) is 43.5 Å². The fourth-order valence-electron chi connectivity index (χ4n) is 4.93. The molecule has 1 saturated carbocycles.